The maximum absolute atomic E-state index is 11.2. The Labute approximate surface area is 130 Å². The van der Waals surface area contributed by atoms with E-state index >= 15 is 0 Å². The molecule has 2 rings (SSSR count). The molecule has 1 unspecified atom stereocenters. The van der Waals surface area contributed by atoms with E-state index in [1.165, 1.54) is 0 Å². The molecule has 1 heterocycles. The molecule has 2 aromatic rings. The first kappa shape index (κ1) is 15.7. The number of amides is 1. The van der Waals surface area contributed by atoms with Gasteiger partial charge in [-0.3, -0.25) is 9.59 Å². The van der Waals surface area contributed by atoms with Crippen molar-refractivity contribution in [3.8, 4) is 0 Å². The molecule has 1 atom stereocenters. The van der Waals surface area contributed by atoms with Gasteiger partial charge in [-0.25, -0.2) is 4.98 Å². The van der Waals surface area contributed by atoms with Crippen LogP contribution >= 0.6 is 23.4 Å². The first-order valence-electron chi connectivity index (χ1n) is 6.19. The number of carbonyl (C=O) groups is 2. The zero-order valence-corrected chi connectivity index (χ0v) is 12.8. The molecule has 8 heteroatoms. The fourth-order valence-corrected chi connectivity index (χ4v) is 3.19. The lowest BCUT2D eigenvalue weighted by molar-refractivity contribution is -0.134. The number of carbonyl (C=O) groups excluding carboxylic acids is 1. The minimum Gasteiger partial charge on any atom is -0.481 e. The SMILES string of the molecule is CC(CC(N)=O)n1c(SCC(=O)O)nc2cccc(Cl)c21. The van der Waals surface area contributed by atoms with Gasteiger partial charge in [-0.15, -0.1) is 0 Å². The molecular weight excluding hydrogens is 314 g/mol. The maximum Gasteiger partial charge on any atom is 0.313 e. The van der Waals surface area contributed by atoms with Crippen LogP contribution in [-0.2, 0) is 9.59 Å². The van der Waals surface area contributed by atoms with Gasteiger partial charge in [0.1, 0.15) is 0 Å². The highest BCUT2D eigenvalue weighted by Gasteiger charge is 2.20. The first-order valence-corrected chi connectivity index (χ1v) is 7.56. The number of thioether (sulfide) groups is 1. The van der Waals surface area contributed by atoms with Crippen LogP contribution in [0.1, 0.15) is 19.4 Å². The minimum absolute atomic E-state index is 0.121. The molecule has 1 aromatic heterocycles. The van der Waals surface area contributed by atoms with Crippen LogP contribution in [0.5, 0.6) is 0 Å². The Balaban J connectivity index is 2.53. The van der Waals surface area contributed by atoms with E-state index in [9.17, 15) is 9.59 Å². The minimum atomic E-state index is -0.938. The number of nitrogens with zero attached hydrogens (tertiary/aromatic N) is 2. The van der Waals surface area contributed by atoms with E-state index in [0.717, 1.165) is 11.8 Å². The van der Waals surface area contributed by atoms with Crippen LogP contribution in [-0.4, -0.2) is 32.3 Å². The molecule has 112 valence electrons. The molecular formula is C13H14ClN3O3S. The number of benzene rings is 1. The Kier molecular flexibility index (Phi) is 4.74. The number of aliphatic carboxylic acids is 1. The van der Waals surface area contributed by atoms with E-state index in [1.54, 1.807) is 22.8 Å². The van der Waals surface area contributed by atoms with Gasteiger partial charge in [-0.2, -0.15) is 0 Å². The van der Waals surface area contributed by atoms with Crippen LogP contribution in [0.2, 0.25) is 5.02 Å². The Morgan fingerprint density at radius 3 is 2.86 bits per heavy atom. The van der Waals surface area contributed by atoms with E-state index in [1.807, 2.05) is 6.92 Å². The third kappa shape index (κ3) is 3.48. The molecule has 0 saturated carbocycles. The molecule has 1 aromatic carbocycles. The largest absolute Gasteiger partial charge is 0.481 e. The Bertz CT molecular complexity index is 701. The van der Waals surface area contributed by atoms with Crippen molar-refractivity contribution in [1.82, 2.24) is 9.55 Å². The van der Waals surface area contributed by atoms with Gasteiger partial charge >= 0.3 is 5.97 Å². The molecule has 0 aliphatic heterocycles. The van der Waals surface area contributed by atoms with E-state index in [0.29, 0.717) is 21.2 Å². The highest BCUT2D eigenvalue weighted by atomic mass is 35.5. The second-order valence-electron chi connectivity index (χ2n) is 4.57. The number of hydrogen-bond donors (Lipinski definition) is 2. The molecule has 0 fully saturated rings. The predicted octanol–water partition coefficient (Wildman–Crippen LogP) is 2.30. The molecule has 1 amide bonds. The van der Waals surface area contributed by atoms with Crippen molar-refractivity contribution in [1.29, 1.82) is 0 Å². The smallest absolute Gasteiger partial charge is 0.313 e. The van der Waals surface area contributed by atoms with Crippen molar-refractivity contribution in [2.24, 2.45) is 5.73 Å². The Hall–Kier alpha value is -1.73. The molecule has 0 bridgehead atoms. The summed E-state index contributed by atoms with van der Waals surface area (Å²) < 4.78 is 1.77. The van der Waals surface area contributed by atoms with Crippen molar-refractivity contribution in [3.63, 3.8) is 0 Å². The molecule has 3 N–H and O–H groups in total. The van der Waals surface area contributed by atoms with Gasteiger partial charge in [0.25, 0.3) is 0 Å². The van der Waals surface area contributed by atoms with Gasteiger partial charge in [0, 0.05) is 12.5 Å². The van der Waals surface area contributed by atoms with Crippen molar-refractivity contribution < 1.29 is 14.7 Å². The lowest BCUT2D eigenvalue weighted by atomic mass is 10.2. The third-order valence-electron chi connectivity index (χ3n) is 2.89. The second kappa shape index (κ2) is 6.36. The number of primary amides is 1. The third-order valence-corrected chi connectivity index (χ3v) is 4.13. The lowest BCUT2D eigenvalue weighted by Gasteiger charge is -2.16. The number of aromatic nitrogens is 2. The van der Waals surface area contributed by atoms with Crippen LogP contribution < -0.4 is 5.73 Å². The number of para-hydroxylation sites is 1. The van der Waals surface area contributed by atoms with Crippen LogP contribution in [0.25, 0.3) is 11.0 Å². The van der Waals surface area contributed by atoms with Gasteiger partial charge < -0.3 is 15.4 Å². The summed E-state index contributed by atoms with van der Waals surface area (Å²) in [6.45, 7) is 1.82. The van der Waals surface area contributed by atoms with Gasteiger partial charge in [-0.05, 0) is 19.1 Å². The molecule has 21 heavy (non-hydrogen) atoms. The Morgan fingerprint density at radius 2 is 2.24 bits per heavy atom. The van der Waals surface area contributed by atoms with Gasteiger partial charge in [0.15, 0.2) is 5.16 Å². The average Bonchev–Trinajstić information content (AvgIpc) is 2.75. The molecule has 0 radical (unpaired) electrons. The summed E-state index contributed by atoms with van der Waals surface area (Å²) in [6, 6.07) is 5.03. The maximum atomic E-state index is 11.2. The number of carboxylic acids is 1. The quantitative estimate of drug-likeness (QED) is 0.793. The predicted molar refractivity (Wildman–Crippen MR) is 81.6 cm³/mol. The van der Waals surface area contributed by atoms with Crippen LogP contribution in [0, 0.1) is 0 Å². The van der Waals surface area contributed by atoms with E-state index in [4.69, 9.17) is 22.4 Å². The van der Waals surface area contributed by atoms with Crippen LogP contribution in [0.4, 0.5) is 0 Å². The highest BCUT2D eigenvalue weighted by molar-refractivity contribution is 7.99. The topological polar surface area (TPSA) is 98.2 Å². The summed E-state index contributed by atoms with van der Waals surface area (Å²) in [5, 5.41) is 9.83. The van der Waals surface area contributed by atoms with E-state index < -0.39 is 11.9 Å². The number of halogens is 1. The van der Waals surface area contributed by atoms with Crippen LogP contribution in [0.15, 0.2) is 23.4 Å². The fraction of sp³-hybridized carbons (Fsp3) is 0.308. The lowest BCUT2D eigenvalue weighted by Crippen LogP contribution is -2.18. The number of fused-ring (bicyclic) bond motifs is 1. The molecule has 6 nitrogen and oxygen atoms in total. The van der Waals surface area contributed by atoms with Crippen LogP contribution in [0.3, 0.4) is 0 Å². The fourth-order valence-electron chi connectivity index (χ4n) is 2.10. The first-order chi connectivity index (χ1) is 9.90. The van der Waals surface area contributed by atoms with Crippen molar-refractivity contribution in [3.05, 3.63) is 23.2 Å². The molecule has 0 spiro atoms. The average molecular weight is 328 g/mol. The normalized spacial score (nSPS) is 12.5. The molecule has 0 aliphatic rings. The van der Waals surface area contributed by atoms with Crippen molar-refractivity contribution >= 4 is 46.3 Å². The van der Waals surface area contributed by atoms with Gasteiger partial charge in [-0.1, -0.05) is 29.4 Å². The highest BCUT2D eigenvalue weighted by Crippen LogP contribution is 2.32. The van der Waals surface area contributed by atoms with Gasteiger partial charge in [0.05, 0.1) is 21.8 Å². The summed E-state index contributed by atoms with van der Waals surface area (Å²) in [7, 11) is 0. The van der Waals surface area contributed by atoms with Crippen molar-refractivity contribution in [2.75, 3.05) is 5.75 Å². The summed E-state index contributed by atoms with van der Waals surface area (Å²) in [5.41, 5.74) is 6.59. The second-order valence-corrected chi connectivity index (χ2v) is 5.92. The summed E-state index contributed by atoms with van der Waals surface area (Å²) >= 11 is 7.30. The standard InChI is InChI=1S/C13H14ClN3O3S/c1-7(5-10(15)18)17-12-8(14)3-2-4-9(12)16-13(17)21-6-11(19)20/h2-4,7H,5-6H2,1H3,(H2,15,18)(H,19,20). The number of nitrogens with two attached hydrogens (primary N) is 1. The Morgan fingerprint density at radius 1 is 1.52 bits per heavy atom. The molecule has 0 aliphatic carbocycles. The number of hydrogen-bond acceptors (Lipinski definition) is 4. The van der Waals surface area contributed by atoms with Gasteiger partial charge in [0.2, 0.25) is 5.91 Å². The summed E-state index contributed by atoms with van der Waals surface area (Å²) in [4.78, 5) is 26.3. The number of imidazole rings is 1. The summed E-state index contributed by atoms with van der Waals surface area (Å²) in [5.74, 6) is -1.50. The number of rotatable bonds is 6. The zero-order valence-electron chi connectivity index (χ0n) is 11.2. The summed E-state index contributed by atoms with van der Waals surface area (Å²) in [6.07, 6.45) is 0.122. The molecule has 0 saturated heterocycles. The van der Waals surface area contributed by atoms with Crippen molar-refractivity contribution in [2.45, 2.75) is 24.5 Å². The number of carboxylic acid groups (broad SMARTS) is 1. The monoisotopic (exact) mass is 327 g/mol. The zero-order chi connectivity index (χ0) is 15.6. The van der Waals surface area contributed by atoms with E-state index in [2.05, 4.69) is 4.98 Å². The van der Waals surface area contributed by atoms with E-state index in [-0.39, 0.29) is 18.2 Å².